The summed E-state index contributed by atoms with van der Waals surface area (Å²) in [4.78, 5) is 5.52. The predicted molar refractivity (Wildman–Crippen MR) is 76.6 cm³/mol. The first-order valence-electron chi connectivity index (χ1n) is 5.85. The van der Waals surface area contributed by atoms with E-state index < -0.39 is 0 Å². The second-order valence-electron chi connectivity index (χ2n) is 4.14. The van der Waals surface area contributed by atoms with Gasteiger partial charge in [-0.1, -0.05) is 29.3 Å². The third-order valence-corrected chi connectivity index (χ3v) is 3.14. The van der Waals surface area contributed by atoms with Crippen molar-refractivity contribution in [3.8, 4) is 11.4 Å². The zero-order valence-corrected chi connectivity index (χ0v) is 11.8. The topological polar surface area (TPSA) is 56.5 Å². The SMILES string of the molecule is Clc1ccc(-c2nnn(Cc3ccc(Cl)nc3)n2)cc1. The van der Waals surface area contributed by atoms with E-state index in [1.807, 2.05) is 18.2 Å². The van der Waals surface area contributed by atoms with Crippen LogP contribution in [0.15, 0.2) is 42.6 Å². The van der Waals surface area contributed by atoms with Crippen molar-refractivity contribution in [2.75, 3.05) is 0 Å². The van der Waals surface area contributed by atoms with Crippen LogP contribution in [-0.2, 0) is 6.54 Å². The third-order valence-electron chi connectivity index (χ3n) is 2.67. The minimum absolute atomic E-state index is 0.460. The van der Waals surface area contributed by atoms with E-state index in [0.29, 0.717) is 22.5 Å². The normalized spacial score (nSPS) is 10.7. The molecule has 0 amide bonds. The Morgan fingerprint density at radius 2 is 1.80 bits per heavy atom. The Morgan fingerprint density at radius 1 is 1.00 bits per heavy atom. The molecule has 3 aromatic rings. The van der Waals surface area contributed by atoms with Gasteiger partial charge in [-0.25, -0.2) is 4.98 Å². The zero-order valence-electron chi connectivity index (χ0n) is 10.2. The Kier molecular flexibility index (Phi) is 3.62. The minimum atomic E-state index is 0.460. The molecule has 0 atom stereocenters. The van der Waals surface area contributed by atoms with Crippen molar-refractivity contribution in [1.29, 1.82) is 0 Å². The number of hydrogen-bond acceptors (Lipinski definition) is 4. The van der Waals surface area contributed by atoms with Gasteiger partial charge in [0.1, 0.15) is 5.15 Å². The van der Waals surface area contributed by atoms with E-state index in [9.17, 15) is 0 Å². The number of aromatic nitrogens is 5. The van der Waals surface area contributed by atoms with Crippen molar-refractivity contribution in [3.63, 3.8) is 0 Å². The molecule has 0 fully saturated rings. The van der Waals surface area contributed by atoms with E-state index >= 15 is 0 Å². The number of tetrazole rings is 1. The molecule has 0 N–H and O–H groups in total. The molecule has 100 valence electrons. The van der Waals surface area contributed by atoms with E-state index in [1.54, 1.807) is 24.4 Å². The lowest BCUT2D eigenvalue weighted by Gasteiger charge is -1.98. The van der Waals surface area contributed by atoms with Gasteiger partial charge in [0.05, 0.1) is 6.54 Å². The molecule has 0 aliphatic carbocycles. The van der Waals surface area contributed by atoms with Crippen molar-refractivity contribution in [2.24, 2.45) is 0 Å². The van der Waals surface area contributed by atoms with Crippen molar-refractivity contribution in [1.82, 2.24) is 25.2 Å². The van der Waals surface area contributed by atoms with Crippen LogP contribution in [-0.4, -0.2) is 25.2 Å². The van der Waals surface area contributed by atoms with Crippen LogP contribution in [0.4, 0.5) is 0 Å². The van der Waals surface area contributed by atoms with Crippen LogP contribution in [0.1, 0.15) is 5.56 Å². The number of pyridine rings is 1. The maximum Gasteiger partial charge on any atom is 0.204 e. The van der Waals surface area contributed by atoms with Crippen LogP contribution in [0, 0.1) is 0 Å². The molecule has 7 heteroatoms. The molecule has 2 aromatic heterocycles. The first-order chi connectivity index (χ1) is 9.70. The lowest BCUT2D eigenvalue weighted by atomic mass is 10.2. The highest BCUT2D eigenvalue weighted by Gasteiger charge is 2.06. The summed E-state index contributed by atoms with van der Waals surface area (Å²) in [5, 5.41) is 13.5. The molecule has 0 saturated heterocycles. The maximum atomic E-state index is 5.85. The Hall–Kier alpha value is -1.98. The van der Waals surface area contributed by atoms with Gasteiger partial charge in [-0.2, -0.15) is 4.80 Å². The number of benzene rings is 1. The second kappa shape index (κ2) is 5.56. The highest BCUT2D eigenvalue weighted by Crippen LogP contribution is 2.17. The van der Waals surface area contributed by atoms with E-state index in [2.05, 4.69) is 20.4 Å². The van der Waals surface area contributed by atoms with Gasteiger partial charge >= 0.3 is 0 Å². The van der Waals surface area contributed by atoms with Crippen molar-refractivity contribution < 1.29 is 0 Å². The first-order valence-corrected chi connectivity index (χ1v) is 6.60. The number of hydrogen-bond donors (Lipinski definition) is 0. The minimum Gasteiger partial charge on any atom is -0.244 e. The third kappa shape index (κ3) is 2.95. The Labute approximate surface area is 125 Å². The molecular formula is C13H9Cl2N5. The largest absolute Gasteiger partial charge is 0.244 e. The summed E-state index contributed by atoms with van der Waals surface area (Å²) in [7, 11) is 0. The molecule has 0 unspecified atom stereocenters. The van der Waals surface area contributed by atoms with E-state index in [4.69, 9.17) is 23.2 Å². The van der Waals surface area contributed by atoms with Gasteiger partial charge in [0.25, 0.3) is 0 Å². The molecule has 0 aliphatic rings. The van der Waals surface area contributed by atoms with Gasteiger partial charge < -0.3 is 0 Å². The Morgan fingerprint density at radius 3 is 2.50 bits per heavy atom. The summed E-state index contributed by atoms with van der Waals surface area (Å²) in [6, 6.07) is 10.9. The number of rotatable bonds is 3. The van der Waals surface area contributed by atoms with Gasteiger partial charge in [0, 0.05) is 16.8 Å². The number of nitrogens with zero attached hydrogens (tertiary/aromatic N) is 5. The van der Waals surface area contributed by atoms with Crippen LogP contribution in [0.5, 0.6) is 0 Å². The molecule has 0 aliphatic heterocycles. The fourth-order valence-corrected chi connectivity index (χ4v) is 1.93. The van der Waals surface area contributed by atoms with Crippen LogP contribution in [0.25, 0.3) is 11.4 Å². The lowest BCUT2D eigenvalue weighted by Crippen LogP contribution is -2.04. The van der Waals surface area contributed by atoms with Crippen LogP contribution >= 0.6 is 23.2 Å². The predicted octanol–water partition coefficient (Wildman–Crippen LogP) is 3.09. The second-order valence-corrected chi connectivity index (χ2v) is 4.96. The molecule has 2 heterocycles. The molecule has 1 aromatic carbocycles. The quantitative estimate of drug-likeness (QED) is 0.698. The van der Waals surface area contributed by atoms with Gasteiger partial charge in [-0.05, 0) is 41.1 Å². The monoisotopic (exact) mass is 305 g/mol. The number of halogens is 2. The van der Waals surface area contributed by atoms with E-state index in [1.165, 1.54) is 4.80 Å². The van der Waals surface area contributed by atoms with Crippen LogP contribution in [0.2, 0.25) is 10.2 Å². The van der Waals surface area contributed by atoms with Gasteiger partial charge in [0.15, 0.2) is 0 Å². The standard InChI is InChI=1S/C13H9Cl2N5/c14-11-4-2-10(3-5-11)13-17-19-20(18-13)8-9-1-6-12(15)16-7-9/h1-7H,8H2. The molecule has 20 heavy (non-hydrogen) atoms. The van der Waals surface area contributed by atoms with Gasteiger partial charge in [-0.3, -0.25) is 0 Å². The Balaban J connectivity index is 1.80. The average molecular weight is 306 g/mol. The highest BCUT2D eigenvalue weighted by atomic mass is 35.5. The first kappa shape index (κ1) is 13.0. The average Bonchev–Trinajstić information content (AvgIpc) is 2.91. The van der Waals surface area contributed by atoms with Crippen molar-refractivity contribution >= 4 is 23.2 Å². The van der Waals surface area contributed by atoms with Gasteiger partial charge in [0.2, 0.25) is 5.82 Å². The molecule has 0 saturated carbocycles. The maximum absolute atomic E-state index is 5.85. The Bertz CT molecular complexity index is 706. The van der Waals surface area contributed by atoms with E-state index in [-0.39, 0.29) is 0 Å². The van der Waals surface area contributed by atoms with Crippen LogP contribution in [0.3, 0.4) is 0 Å². The molecular weight excluding hydrogens is 297 g/mol. The fraction of sp³-hybridized carbons (Fsp3) is 0.0769. The smallest absolute Gasteiger partial charge is 0.204 e. The highest BCUT2D eigenvalue weighted by molar-refractivity contribution is 6.30. The summed E-state index contributed by atoms with van der Waals surface area (Å²) < 4.78 is 0. The van der Waals surface area contributed by atoms with Gasteiger partial charge in [-0.15, -0.1) is 10.2 Å². The molecule has 0 bridgehead atoms. The fourth-order valence-electron chi connectivity index (χ4n) is 1.69. The van der Waals surface area contributed by atoms with E-state index in [0.717, 1.165) is 11.1 Å². The summed E-state index contributed by atoms with van der Waals surface area (Å²) in [6.45, 7) is 0.491. The molecule has 0 radical (unpaired) electrons. The summed E-state index contributed by atoms with van der Waals surface area (Å²) in [6.07, 6.45) is 1.69. The lowest BCUT2D eigenvalue weighted by molar-refractivity contribution is 0.572. The zero-order chi connectivity index (χ0) is 13.9. The van der Waals surface area contributed by atoms with Crippen molar-refractivity contribution in [3.05, 3.63) is 58.3 Å². The summed E-state index contributed by atoms with van der Waals surface area (Å²) >= 11 is 11.6. The van der Waals surface area contributed by atoms with Crippen LogP contribution < -0.4 is 0 Å². The molecule has 3 rings (SSSR count). The summed E-state index contributed by atoms with van der Waals surface area (Å²) in [5.74, 6) is 0.559. The molecule has 5 nitrogen and oxygen atoms in total. The molecule has 0 spiro atoms. The summed E-state index contributed by atoms with van der Waals surface area (Å²) in [5.41, 5.74) is 1.82. The van der Waals surface area contributed by atoms with Crippen molar-refractivity contribution in [2.45, 2.75) is 6.54 Å².